The summed E-state index contributed by atoms with van der Waals surface area (Å²) in [4.78, 5) is 2.65. The van der Waals surface area contributed by atoms with E-state index in [1.54, 1.807) is 0 Å². The fourth-order valence-corrected chi connectivity index (χ4v) is 3.19. The average Bonchev–Trinajstić information content (AvgIpc) is 2.87. The Morgan fingerprint density at radius 3 is 2.55 bits per heavy atom. The SMILES string of the molecule is CCCNC(c1ccc(C)cc1)C(C)N1CCC(C)C1. The lowest BCUT2D eigenvalue weighted by molar-refractivity contribution is 0.201. The quantitative estimate of drug-likeness (QED) is 0.849. The molecule has 1 saturated heterocycles. The maximum atomic E-state index is 3.75. The number of nitrogens with one attached hydrogen (secondary N) is 1. The molecule has 0 amide bonds. The van der Waals surface area contributed by atoms with Crippen LogP contribution in [0.3, 0.4) is 0 Å². The van der Waals surface area contributed by atoms with E-state index >= 15 is 0 Å². The van der Waals surface area contributed by atoms with Crippen LogP contribution in [-0.2, 0) is 0 Å². The Balaban J connectivity index is 2.11. The second kappa shape index (κ2) is 7.24. The van der Waals surface area contributed by atoms with E-state index in [9.17, 15) is 0 Å². The van der Waals surface area contributed by atoms with E-state index in [4.69, 9.17) is 0 Å². The smallest absolute Gasteiger partial charge is 0.0475 e. The molecule has 0 aliphatic carbocycles. The molecule has 3 atom stereocenters. The van der Waals surface area contributed by atoms with Crippen molar-refractivity contribution in [3.8, 4) is 0 Å². The summed E-state index contributed by atoms with van der Waals surface area (Å²) in [6, 6.07) is 10.1. The van der Waals surface area contributed by atoms with E-state index in [1.807, 2.05) is 0 Å². The molecule has 2 rings (SSSR count). The van der Waals surface area contributed by atoms with Gasteiger partial charge in [-0.1, -0.05) is 43.7 Å². The fourth-order valence-electron chi connectivity index (χ4n) is 3.19. The summed E-state index contributed by atoms with van der Waals surface area (Å²) in [6.45, 7) is 12.7. The van der Waals surface area contributed by atoms with Crippen LogP contribution in [0.5, 0.6) is 0 Å². The van der Waals surface area contributed by atoms with E-state index in [0.717, 1.165) is 12.5 Å². The lowest BCUT2D eigenvalue weighted by Gasteiger charge is -2.33. The average molecular weight is 274 g/mol. The lowest BCUT2D eigenvalue weighted by atomic mass is 9.98. The highest BCUT2D eigenvalue weighted by molar-refractivity contribution is 5.25. The molecule has 1 aromatic rings. The lowest BCUT2D eigenvalue weighted by Crippen LogP contribution is -2.42. The third kappa shape index (κ3) is 3.83. The number of aryl methyl sites for hydroxylation is 1. The minimum atomic E-state index is 0.445. The van der Waals surface area contributed by atoms with Crippen molar-refractivity contribution in [2.45, 2.75) is 52.6 Å². The van der Waals surface area contributed by atoms with Crippen molar-refractivity contribution < 1.29 is 0 Å². The van der Waals surface area contributed by atoms with Gasteiger partial charge in [0, 0.05) is 18.6 Å². The van der Waals surface area contributed by atoms with Gasteiger partial charge in [-0.2, -0.15) is 0 Å². The second-order valence-corrected chi connectivity index (χ2v) is 6.47. The predicted molar refractivity (Wildman–Crippen MR) is 87.0 cm³/mol. The Hall–Kier alpha value is -0.860. The highest BCUT2D eigenvalue weighted by Crippen LogP contribution is 2.26. The van der Waals surface area contributed by atoms with Gasteiger partial charge in [-0.05, 0) is 51.3 Å². The van der Waals surface area contributed by atoms with Gasteiger partial charge in [0.05, 0.1) is 0 Å². The van der Waals surface area contributed by atoms with Gasteiger partial charge in [0.1, 0.15) is 0 Å². The molecule has 0 radical (unpaired) electrons. The minimum absolute atomic E-state index is 0.445. The monoisotopic (exact) mass is 274 g/mol. The van der Waals surface area contributed by atoms with Crippen LogP contribution in [0.2, 0.25) is 0 Å². The molecular formula is C18H30N2. The van der Waals surface area contributed by atoms with E-state index in [2.05, 4.69) is 62.2 Å². The fraction of sp³-hybridized carbons (Fsp3) is 0.667. The van der Waals surface area contributed by atoms with Gasteiger partial charge < -0.3 is 5.32 Å². The van der Waals surface area contributed by atoms with Gasteiger partial charge in [0.15, 0.2) is 0 Å². The summed E-state index contributed by atoms with van der Waals surface area (Å²) in [7, 11) is 0. The molecule has 3 unspecified atom stereocenters. The molecule has 0 bridgehead atoms. The van der Waals surface area contributed by atoms with Crippen LogP contribution in [0.1, 0.15) is 50.8 Å². The van der Waals surface area contributed by atoms with Crippen LogP contribution >= 0.6 is 0 Å². The van der Waals surface area contributed by atoms with Gasteiger partial charge in [-0.25, -0.2) is 0 Å². The van der Waals surface area contributed by atoms with Crippen LogP contribution in [0, 0.1) is 12.8 Å². The van der Waals surface area contributed by atoms with Crippen LogP contribution in [0.25, 0.3) is 0 Å². The summed E-state index contributed by atoms with van der Waals surface area (Å²) in [5.74, 6) is 0.849. The molecule has 0 aromatic heterocycles. The molecule has 1 heterocycles. The van der Waals surface area contributed by atoms with Crippen LogP contribution in [0.15, 0.2) is 24.3 Å². The van der Waals surface area contributed by atoms with Crippen molar-refractivity contribution in [2.24, 2.45) is 5.92 Å². The molecular weight excluding hydrogens is 244 g/mol. The van der Waals surface area contributed by atoms with E-state index in [-0.39, 0.29) is 0 Å². The molecule has 1 aliphatic heterocycles. The molecule has 1 fully saturated rings. The number of rotatable bonds is 6. The third-order valence-corrected chi connectivity index (χ3v) is 4.56. The van der Waals surface area contributed by atoms with E-state index in [0.29, 0.717) is 12.1 Å². The first kappa shape index (κ1) is 15.5. The van der Waals surface area contributed by atoms with Crippen molar-refractivity contribution >= 4 is 0 Å². The molecule has 0 spiro atoms. The Kier molecular flexibility index (Phi) is 5.62. The van der Waals surface area contributed by atoms with Crippen molar-refractivity contribution in [1.82, 2.24) is 10.2 Å². The highest BCUT2D eigenvalue weighted by atomic mass is 15.2. The summed E-state index contributed by atoms with van der Waals surface area (Å²) in [6.07, 6.45) is 2.53. The zero-order chi connectivity index (χ0) is 14.5. The summed E-state index contributed by atoms with van der Waals surface area (Å²) >= 11 is 0. The van der Waals surface area contributed by atoms with Crippen molar-refractivity contribution in [1.29, 1.82) is 0 Å². The maximum Gasteiger partial charge on any atom is 0.0475 e. The Labute approximate surface area is 124 Å². The number of hydrogen-bond donors (Lipinski definition) is 1. The molecule has 1 aromatic carbocycles. The molecule has 2 nitrogen and oxygen atoms in total. The highest BCUT2D eigenvalue weighted by Gasteiger charge is 2.29. The third-order valence-electron chi connectivity index (χ3n) is 4.56. The first-order chi connectivity index (χ1) is 9.61. The first-order valence-corrected chi connectivity index (χ1v) is 8.15. The summed E-state index contributed by atoms with van der Waals surface area (Å²) in [5, 5.41) is 3.75. The van der Waals surface area contributed by atoms with Gasteiger partial charge in [-0.3, -0.25) is 4.90 Å². The molecule has 0 saturated carbocycles. The Bertz CT molecular complexity index is 398. The van der Waals surface area contributed by atoms with Gasteiger partial charge in [0.2, 0.25) is 0 Å². The van der Waals surface area contributed by atoms with Gasteiger partial charge >= 0.3 is 0 Å². The predicted octanol–water partition coefficient (Wildman–Crippen LogP) is 3.77. The molecule has 112 valence electrons. The maximum absolute atomic E-state index is 3.75. The number of hydrogen-bond acceptors (Lipinski definition) is 2. The van der Waals surface area contributed by atoms with Crippen molar-refractivity contribution in [2.75, 3.05) is 19.6 Å². The normalized spacial score (nSPS) is 22.9. The number of likely N-dealkylation sites (tertiary alicyclic amines) is 1. The Morgan fingerprint density at radius 1 is 1.30 bits per heavy atom. The van der Waals surface area contributed by atoms with Gasteiger partial charge in [0.25, 0.3) is 0 Å². The molecule has 1 aliphatic rings. The topological polar surface area (TPSA) is 15.3 Å². The molecule has 20 heavy (non-hydrogen) atoms. The van der Waals surface area contributed by atoms with Gasteiger partial charge in [-0.15, -0.1) is 0 Å². The van der Waals surface area contributed by atoms with Crippen molar-refractivity contribution in [3.05, 3.63) is 35.4 Å². The standard InChI is InChI=1S/C18H30N2/c1-5-11-19-18(17-8-6-14(2)7-9-17)16(4)20-12-10-15(3)13-20/h6-9,15-16,18-19H,5,10-13H2,1-4H3. The Morgan fingerprint density at radius 2 is 2.00 bits per heavy atom. The minimum Gasteiger partial charge on any atom is -0.309 e. The summed E-state index contributed by atoms with van der Waals surface area (Å²) < 4.78 is 0. The zero-order valence-electron chi connectivity index (χ0n) is 13.5. The number of nitrogens with zero attached hydrogens (tertiary/aromatic N) is 1. The van der Waals surface area contributed by atoms with Crippen LogP contribution < -0.4 is 5.32 Å². The molecule has 1 N–H and O–H groups in total. The number of benzene rings is 1. The van der Waals surface area contributed by atoms with Crippen LogP contribution in [0.4, 0.5) is 0 Å². The van der Waals surface area contributed by atoms with Crippen LogP contribution in [-0.4, -0.2) is 30.6 Å². The second-order valence-electron chi connectivity index (χ2n) is 6.47. The first-order valence-electron chi connectivity index (χ1n) is 8.15. The largest absolute Gasteiger partial charge is 0.309 e. The van der Waals surface area contributed by atoms with Crippen molar-refractivity contribution in [3.63, 3.8) is 0 Å². The summed E-state index contributed by atoms with van der Waals surface area (Å²) in [5.41, 5.74) is 2.77. The molecule has 2 heteroatoms. The zero-order valence-corrected chi connectivity index (χ0v) is 13.5. The van der Waals surface area contributed by atoms with E-state index < -0.39 is 0 Å². The van der Waals surface area contributed by atoms with E-state index in [1.165, 1.54) is 37.1 Å².